The lowest BCUT2D eigenvalue weighted by Crippen LogP contribution is -2.49. The molecule has 2 amide bonds. The summed E-state index contributed by atoms with van der Waals surface area (Å²) in [6.45, 7) is 4.61. The molecule has 1 fully saturated rings. The van der Waals surface area contributed by atoms with Gasteiger partial charge in [-0.05, 0) is 26.2 Å². The van der Waals surface area contributed by atoms with Crippen molar-refractivity contribution in [3.05, 3.63) is 0 Å². The molecule has 0 aromatic rings. The molecule has 0 saturated carbocycles. The zero-order valence-corrected chi connectivity index (χ0v) is 10.0. The molecule has 1 rings (SSSR count). The van der Waals surface area contributed by atoms with Crippen LogP contribution in [0.15, 0.2) is 0 Å². The highest BCUT2D eigenvalue weighted by Gasteiger charge is 2.21. The van der Waals surface area contributed by atoms with Crippen molar-refractivity contribution < 1.29 is 14.6 Å². The number of amides is 2. The highest BCUT2D eigenvalue weighted by molar-refractivity contribution is 5.74. The third kappa shape index (κ3) is 4.37. The maximum atomic E-state index is 11.6. The Hall–Kier alpha value is -0.810. The third-order valence-corrected chi connectivity index (χ3v) is 2.87. The molecule has 1 aliphatic rings. The van der Waals surface area contributed by atoms with Gasteiger partial charge in [0, 0.05) is 12.6 Å². The summed E-state index contributed by atoms with van der Waals surface area (Å²) in [5.41, 5.74) is 0. The Labute approximate surface area is 96.6 Å². The van der Waals surface area contributed by atoms with Gasteiger partial charge in [0.1, 0.15) is 0 Å². The number of carbonyl (C=O) groups excluding carboxylic acids is 1. The minimum absolute atomic E-state index is 0.0197. The highest BCUT2D eigenvalue weighted by atomic mass is 16.5. The van der Waals surface area contributed by atoms with Crippen molar-refractivity contribution in [2.24, 2.45) is 0 Å². The molecular weight excluding hydrogens is 208 g/mol. The van der Waals surface area contributed by atoms with Crippen LogP contribution in [0.25, 0.3) is 0 Å². The van der Waals surface area contributed by atoms with Gasteiger partial charge in [0.15, 0.2) is 0 Å². The van der Waals surface area contributed by atoms with Gasteiger partial charge >= 0.3 is 6.03 Å². The first kappa shape index (κ1) is 13.3. The predicted octanol–water partition coefficient (Wildman–Crippen LogP) is 0.624. The summed E-state index contributed by atoms with van der Waals surface area (Å²) < 4.78 is 5.40. The van der Waals surface area contributed by atoms with Crippen molar-refractivity contribution in [1.82, 2.24) is 10.6 Å². The van der Waals surface area contributed by atoms with Gasteiger partial charge in [-0.15, -0.1) is 0 Å². The Morgan fingerprint density at radius 3 is 2.94 bits per heavy atom. The van der Waals surface area contributed by atoms with E-state index in [1.54, 1.807) is 0 Å². The van der Waals surface area contributed by atoms with E-state index in [0.29, 0.717) is 6.61 Å². The fourth-order valence-electron chi connectivity index (χ4n) is 1.82. The van der Waals surface area contributed by atoms with Crippen molar-refractivity contribution in [3.8, 4) is 0 Å². The summed E-state index contributed by atoms with van der Waals surface area (Å²) in [6.07, 6.45) is 2.64. The molecule has 0 radical (unpaired) electrons. The minimum Gasteiger partial charge on any atom is -0.394 e. The van der Waals surface area contributed by atoms with E-state index in [1.807, 2.05) is 13.8 Å². The molecular formula is C11H22N2O3. The molecule has 2 unspecified atom stereocenters. The Bertz CT molecular complexity index is 219. The van der Waals surface area contributed by atoms with Crippen molar-refractivity contribution in [3.63, 3.8) is 0 Å². The van der Waals surface area contributed by atoms with E-state index in [4.69, 9.17) is 9.84 Å². The number of hydrogen-bond donors (Lipinski definition) is 3. The predicted molar refractivity (Wildman–Crippen MR) is 61.3 cm³/mol. The summed E-state index contributed by atoms with van der Waals surface area (Å²) in [7, 11) is 0. The monoisotopic (exact) mass is 230 g/mol. The zero-order chi connectivity index (χ0) is 12.0. The number of aliphatic hydroxyl groups is 1. The van der Waals surface area contributed by atoms with E-state index in [9.17, 15) is 4.79 Å². The maximum Gasteiger partial charge on any atom is 0.315 e. The summed E-state index contributed by atoms with van der Waals surface area (Å²) >= 11 is 0. The number of rotatable bonds is 4. The second-order valence-electron chi connectivity index (χ2n) is 4.31. The molecule has 1 aliphatic heterocycles. The van der Waals surface area contributed by atoms with Gasteiger partial charge < -0.3 is 20.5 Å². The second-order valence-corrected chi connectivity index (χ2v) is 4.31. The average molecular weight is 230 g/mol. The van der Waals surface area contributed by atoms with Gasteiger partial charge in [0.25, 0.3) is 0 Å². The number of ether oxygens (including phenoxy) is 1. The first-order valence-corrected chi connectivity index (χ1v) is 5.95. The lowest BCUT2D eigenvalue weighted by atomic mass is 10.0. The molecule has 0 aromatic heterocycles. The number of aliphatic hydroxyl groups excluding tert-OH is 1. The van der Waals surface area contributed by atoms with Crippen molar-refractivity contribution in [1.29, 1.82) is 0 Å². The summed E-state index contributed by atoms with van der Waals surface area (Å²) in [6, 6.07) is -0.169. The van der Waals surface area contributed by atoms with Gasteiger partial charge in [0.2, 0.25) is 0 Å². The summed E-state index contributed by atoms with van der Waals surface area (Å²) in [5.74, 6) is 0. The average Bonchev–Trinajstić information content (AvgIpc) is 2.26. The second kappa shape index (κ2) is 6.70. The van der Waals surface area contributed by atoms with Crippen molar-refractivity contribution in [2.45, 2.75) is 51.3 Å². The standard InChI is InChI=1S/C11H22N2O3/c1-3-9(7-14)12-11(15)13-10-4-5-16-8(2)6-10/h8-10,14H,3-7H2,1-2H3,(H2,12,13,15)/t8?,9-,10?/m0/s1. The van der Waals surface area contributed by atoms with E-state index in [1.165, 1.54) is 0 Å². The molecule has 0 aliphatic carbocycles. The normalized spacial score (nSPS) is 27.2. The van der Waals surface area contributed by atoms with Gasteiger partial charge in [-0.25, -0.2) is 4.79 Å². The fraction of sp³-hybridized carbons (Fsp3) is 0.909. The van der Waals surface area contributed by atoms with E-state index in [2.05, 4.69) is 10.6 Å². The van der Waals surface area contributed by atoms with E-state index >= 15 is 0 Å². The Morgan fingerprint density at radius 2 is 2.38 bits per heavy atom. The molecule has 5 heteroatoms. The minimum atomic E-state index is -0.194. The summed E-state index contributed by atoms with van der Waals surface area (Å²) in [5, 5.41) is 14.6. The SMILES string of the molecule is CC[C@@H](CO)NC(=O)NC1CCOC(C)C1. The lowest BCUT2D eigenvalue weighted by Gasteiger charge is -2.28. The van der Waals surface area contributed by atoms with Crippen LogP contribution >= 0.6 is 0 Å². The van der Waals surface area contributed by atoms with E-state index in [-0.39, 0.29) is 30.8 Å². The molecule has 1 saturated heterocycles. The van der Waals surface area contributed by atoms with Crippen LogP contribution in [0.2, 0.25) is 0 Å². The van der Waals surface area contributed by atoms with Gasteiger partial charge in [-0.3, -0.25) is 0 Å². The number of hydrogen-bond acceptors (Lipinski definition) is 3. The van der Waals surface area contributed by atoms with Crippen LogP contribution in [0.5, 0.6) is 0 Å². The van der Waals surface area contributed by atoms with Crippen LogP contribution in [-0.2, 0) is 4.74 Å². The molecule has 16 heavy (non-hydrogen) atoms. The van der Waals surface area contributed by atoms with E-state index in [0.717, 1.165) is 19.3 Å². The van der Waals surface area contributed by atoms with Crippen molar-refractivity contribution >= 4 is 6.03 Å². The Morgan fingerprint density at radius 1 is 1.62 bits per heavy atom. The van der Waals surface area contributed by atoms with Crippen LogP contribution in [0.1, 0.15) is 33.1 Å². The maximum absolute atomic E-state index is 11.6. The van der Waals surface area contributed by atoms with Crippen LogP contribution in [0.3, 0.4) is 0 Å². The topological polar surface area (TPSA) is 70.6 Å². The molecule has 0 bridgehead atoms. The molecule has 3 N–H and O–H groups in total. The lowest BCUT2D eigenvalue weighted by molar-refractivity contribution is 0.0153. The van der Waals surface area contributed by atoms with Crippen LogP contribution in [-0.4, -0.2) is 42.5 Å². The fourth-order valence-corrected chi connectivity index (χ4v) is 1.82. The smallest absolute Gasteiger partial charge is 0.315 e. The largest absolute Gasteiger partial charge is 0.394 e. The first-order chi connectivity index (χ1) is 7.65. The Kier molecular flexibility index (Phi) is 5.55. The zero-order valence-electron chi connectivity index (χ0n) is 10.0. The van der Waals surface area contributed by atoms with Crippen molar-refractivity contribution in [2.75, 3.05) is 13.2 Å². The van der Waals surface area contributed by atoms with Crippen LogP contribution in [0.4, 0.5) is 4.79 Å². The molecule has 1 heterocycles. The van der Waals surface area contributed by atoms with Crippen LogP contribution < -0.4 is 10.6 Å². The summed E-state index contributed by atoms with van der Waals surface area (Å²) in [4.78, 5) is 11.6. The molecule has 3 atom stereocenters. The van der Waals surface area contributed by atoms with E-state index < -0.39 is 0 Å². The molecule has 94 valence electrons. The first-order valence-electron chi connectivity index (χ1n) is 5.95. The quantitative estimate of drug-likeness (QED) is 0.663. The van der Waals surface area contributed by atoms with Crippen LogP contribution in [0, 0.1) is 0 Å². The molecule has 0 aromatic carbocycles. The third-order valence-electron chi connectivity index (χ3n) is 2.87. The molecule has 0 spiro atoms. The number of urea groups is 1. The van der Waals surface area contributed by atoms with Gasteiger partial charge in [0.05, 0.1) is 18.8 Å². The van der Waals surface area contributed by atoms with Gasteiger partial charge in [-0.2, -0.15) is 0 Å². The number of carbonyl (C=O) groups is 1. The van der Waals surface area contributed by atoms with Gasteiger partial charge in [-0.1, -0.05) is 6.92 Å². The number of nitrogens with one attached hydrogen (secondary N) is 2. The Balaban J connectivity index is 2.27. The molecule has 5 nitrogen and oxygen atoms in total. The highest BCUT2D eigenvalue weighted by Crippen LogP contribution is 2.12.